The minimum Gasteiger partial charge on any atom is -0.382 e. The predicted octanol–water partition coefficient (Wildman–Crippen LogP) is 1.79. The van der Waals surface area contributed by atoms with E-state index in [0.717, 1.165) is 24.7 Å². The normalized spacial score (nSPS) is 29.1. The molecule has 1 aromatic rings. The maximum Gasteiger partial charge on any atom is 0.264 e. The topological polar surface area (TPSA) is 63.6 Å². The Hall–Kier alpha value is -0.910. The quantitative estimate of drug-likeness (QED) is 0.851. The second-order valence-electron chi connectivity index (χ2n) is 4.83. The molecule has 0 aromatic heterocycles. The lowest BCUT2D eigenvalue weighted by molar-refractivity contribution is -0.0907. The summed E-state index contributed by atoms with van der Waals surface area (Å²) in [5.74, 6) is 0. The lowest BCUT2D eigenvalue weighted by Crippen LogP contribution is -2.44. The molecule has 1 aromatic carbocycles. The van der Waals surface area contributed by atoms with Crippen molar-refractivity contribution in [2.24, 2.45) is 0 Å². The van der Waals surface area contributed by atoms with Gasteiger partial charge in [0.25, 0.3) is 10.1 Å². The van der Waals surface area contributed by atoms with E-state index in [1.807, 2.05) is 30.3 Å². The van der Waals surface area contributed by atoms with E-state index in [2.05, 4.69) is 0 Å². The van der Waals surface area contributed by atoms with Gasteiger partial charge in [0.2, 0.25) is 0 Å². The van der Waals surface area contributed by atoms with Gasteiger partial charge in [-0.15, -0.1) is 0 Å². The van der Waals surface area contributed by atoms with Crippen LogP contribution in [0.4, 0.5) is 0 Å². The molecule has 2 atom stereocenters. The van der Waals surface area contributed by atoms with Crippen molar-refractivity contribution in [3.05, 3.63) is 35.9 Å². The van der Waals surface area contributed by atoms with Crippen molar-refractivity contribution in [2.75, 3.05) is 6.26 Å². The van der Waals surface area contributed by atoms with Crippen molar-refractivity contribution in [1.82, 2.24) is 0 Å². The van der Waals surface area contributed by atoms with Crippen LogP contribution in [0.5, 0.6) is 0 Å². The Morgan fingerprint density at radius 3 is 2.56 bits per heavy atom. The molecular weight excluding hydrogens is 252 g/mol. The highest BCUT2D eigenvalue weighted by atomic mass is 32.2. The predicted molar refractivity (Wildman–Crippen MR) is 68.5 cm³/mol. The molecule has 1 saturated carbocycles. The van der Waals surface area contributed by atoms with Crippen LogP contribution in [0.25, 0.3) is 0 Å². The minimum absolute atomic E-state index is 0.525. The molecule has 0 unspecified atom stereocenters. The molecule has 100 valence electrons. The lowest BCUT2D eigenvalue weighted by Gasteiger charge is -2.39. The van der Waals surface area contributed by atoms with Gasteiger partial charge in [0.1, 0.15) is 11.7 Å². The second-order valence-corrected chi connectivity index (χ2v) is 6.43. The third-order valence-corrected chi connectivity index (χ3v) is 3.95. The second kappa shape index (κ2) is 4.99. The van der Waals surface area contributed by atoms with Gasteiger partial charge in [-0.1, -0.05) is 43.2 Å². The summed E-state index contributed by atoms with van der Waals surface area (Å²) in [6, 6.07) is 9.15. The van der Waals surface area contributed by atoms with Gasteiger partial charge in [-0.25, -0.2) is 0 Å². The van der Waals surface area contributed by atoms with Crippen LogP contribution in [0.3, 0.4) is 0 Å². The monoisotopic (exact) mass is 270 g/mol. The Kier molecular flexibility index (Phi) is 3.75. The first kappa shape index (κ1) is 13.5. The van der Waals surface area contributed by atoms with Crippen molar-refractivity contribution in [3.63, 3.8) is 0 Å². The van der Waals surface area contributed by atoms with Crippen molar-refractivity contribution < 1.29 is 17.7 Å². The number of rotatable bonds is 3. The summed E-state index contributed by atoms with van der Waals surface area (Å²) >= 11 is 0. The number of hydrogen-bond donors (Lipinski definition) is 1. The highest BCUT2D eigenvalue weighted by molar-refractivity contribution is 7.86. The minimum atomic E-state index is -3.56. The number of benzene rings is 1. The molecule has 4 nitrogen and oxygen atoms in total. The van der Waals surface area contributed by atoms with Crippen molar-refractivity contribution in [1.29, 1.82) is 0 Å². The van der Waals surface area contributed by atoms with E-state index in [1.54, 1.807) is 0 Å². The molecule has 1 N–H and O–H groups in total. The van der Waals surface area contributed by atoms with Crippen LogP contribution in [-0.4, -0.2) is 25.9 Å². The summed E-state index contributed by atoms with van der Waals surface area (Å²) in [4.78, 5) is 0. The highest BCUT2D eigenvalue weighted by Gasteiger charge is 2.42. The molecule has 0 aliphatic heterocycles. The van der Waals surface area contributed by atoms with Gasteiger partial charge < -0.3 is 5.11 Å². The Morgan fingerprint density at radius 1 is 1.28 bits per heavy atom. The lowest BCUT2D eigenvalue weighted by atomic mass is 9.77. The SMILES string of the molecule is CS(=O)(=O)O[C@H]1CCCC[C@]1(O)c1ccccc1. The smallest absolute Gasteiger partial charge is 0.264 e. The summed E-state index contributed by atoms with van der Waals surface area (Å²) in [6.07, 6.45) is 3.15. The Labute approximate surface area is 108 Å². The summed E-state index contributed by atoms with van der Waals surface area (Å²) < 4.78 is 27.6. The zero-order valence-corrected chi connectivity index (χ0v) is 11.2. The average Bonchev–Trinajstić information content (AvgIpc) is 2.32. The maximum atomic E-state index is 11.3. The summed E-state index contributed by atoms with van der Waals surface area (Å²) in [5, 5.41) is 10.8. The van der Waals surface area contributed by atoms with E-state index in [4.69, 9.17) is 4.18 Å². The molecule has 0 spiro atoms. The molecule has 0 bridgehead atoms. The molecule has 1 fully saturated rings. The molecule has 18 heavy (non-hydrogen) atoms. The molecule has 0 heterocycles. The molecule has 1 aliphatic carbocycles. The fourth-order valence-corrected chi connectivity index (χ4v) is 3.20. The summed E-state index contributed by atoms with van der Waals surface area (Å²) in [6.45, 7) is 0. The summed E-state index contributed by atoms with van der Waals surface area (Å²) in [7, 11) is -3.56. The Morgan fingerprint density at radius 2 is 1.94 bits per heavy atom. The summed E-state index contributed by atoms with van der Waals surface area (Å²) in [5.41, 5.74) is -0.485. The highest BCUT2D eigenvalue weighted by Crippen LogP contribution is 2.39. The zero-order chi connectivity index (χ0) is 13.2. The molecule has 0 radical (unpaired) electrons. The van der Waals surface area contributed by atoms with Crippen molar-refractivity contribution in [2.45, 2.75) is 37.4 Å². The molecule has 0 saturated heterocycles. The van der Waals surface area contributed by atoms with Crippen LogP contribution in [0.2, 0.25) is 0 Å². The van der Waals surface area contributed by atoms with Gasteiger partial charge in [0, 0.05) is 0 Å². The van der Waals surface area contributed by atoms with Crippen LogP contribution in [0, 0.1) is 0 Å². The molecule has 0 amide bonds. The fraction of sp³-hybridized carbons (Fsp3) is 0.538. The van der Waals surface area contributed by atoms with E-state index in [9.17, 15) is 13.5 Å². The third-order valence-electron chi connectivity index (χ3n) is 3.37. The first-order chi connectivity index (χ1) is 8.42. The van der Waals surface area contributed by atoms with E-state index in [-0.39, 0.29) is 0 Å². The van der Waals surface area contributed by atoms with Crippen molar-refractivity contribution >= 4 is 10.1 Å². The number of aliphatic hydroxyl groups is 1. The van der Waals surface area contributed by atoms with Gasteiger partial charge in [0.05, 0.1) is 6.26 Å². The van der Waals surface area contributed by atoms with E-state index in [0.29, 0.717) is 12.8 Å². The van der Waals surface area contributed by atoms with Crippen LogP contribution in [0.15, 0.2) is 30.3 Å². The van der Waals surface area contributed by atoms with E-state index < -0.39 is 21.8 Å². The number of hydrogen-bond acceptors (Lipinski definition) is 4. The molecule has 5 heteroatoms. The van der Waals surface area contributed by atoms with Crippen molar-refractivity contribution in [3.8, 4) is 0 Å². The molecular formula is C13H18O4S. The largest absolute Gasteiger partial charge is 0.382 e. The van der Waals surface area contributed by atoms with Gasteiger partial charge in [0.15, 0.2) is 0 Å². The first-order valence-electron chi connectivity index (χ1n) is 6.08. The van der Waals surface area contributed by atoms with Gasteiger partial charge in [-0.2, -0.15) is 8.42 Å². The van der Waals surface area contributed by atoms with Gasteiger partial charge >= 0.3 is 0 Å². The van der Waals surface area contributed by atoms with Gasteiger partial charge in [-0.3, -0.25) is 4.18 Å². The Bertz CT molecular complexity index is 497. The zero-order valence-electron chi connectivity index (χ0n) is 10.4. The van der Waals surface area contributed by atoms with E-state index in [1.165, 1.54) is 0 Å². The standard InChI is InChI=1S/C13H18O4S/c1-18(15,16)17-12-9-5-6-10-13(12,14)11-7-3-2-4-8-11/h2-4,7-8,12,14H,5-6,9-10H2,1H3/t12-,13-/m0/s1. The maximum absolute atomic E-state index is 11.3. The average molecular weight is 270 g/mol. The molecule has 2 rings (SSSR count). The molecule has 1 aliphatic rings. The van der Waals surface area contributed by atoms with Crippen LogP contribution in [-0.2, 0) is 19.9 Å². The third kappa shape index (κ3) is 2.91. The Balaban J connectivity index is 2.32. The van der Waals surface area contributed by atoms with Crippen LogP contribution in [0.1, 0.15) is 31.2 Å². The van der Waals surface area contributed by atoms with Crippen LogP contribution < -0.4 is 0 Å². The van der Waals surface area contributed by atoms with Gasteiger partial charge in [-0.05, 0) is 18.4 Å². The fourth-order valence-electron chi connectivity index (χ4n) is 2.52. The van der Waals surface area contributed by atoms with Crippen LogP contribution >= 0.6 is 0 Å². The van der Waals surface area contributed by atoms with E-state index >= 15 is 0 Å². The first-order valence-corrected chi connectivity index (χ1v) is 7.90.